The van der Waals surface area contributed by atoms with Crippen LogP contribution in [0.2, 0.25) is 0 Å². The molecular formula is C16H23NO. The van der Waals surface area contributed by atoms with Crippen LogP contribution in [0, 0.1) is 12.8 Å². The van der Waals surface area contributed by atoms with Crippen molar-refractivity contribution in [1.29, 1.82) is 0 Å². The number of hydrogen-bond donors (Lipinski definition) is 1. The number of aryl methyl sites for hydroxylation is 1. The van der Waals surface area contributed by atoms with Gasteiger partial charge in [-0.3, -0.25) is 4.84 Å². The van der Waals surface area contributed by atoms with Crippen LogP contribution < -0.4 is 5.48 Å². The molecule has 2 fully saturated rings. The molecule has 1 atom stereocenters. The lowest BCUT2D eigenvalue weighted by molar-refractivity contribution is -0.0448. The Kier molecular flexibility index (Phi) is 3.67. The third-order valence-electron chi connectivity index (χ3n) is 4.19. The first-order valence-corrected chi connectivity index (χ1v) is 7.30. The van der Waals surface area contributed by atoms with Crippen LogP contribution in [0.5, 0.6) is 0 Å². The third-order valence-corrected chi connectivity index (χ3v) is 4.19. The standard InChI is InChI=1S/C16H23NO/c1-12-6-8-13(9-7-12)16(14-10-11-14)17-18-15-4-2-3-5-15/h6-9,14-17H,2-5,10-11H2,1H3. The zero-order valence-corrected chi connectivity index (χ0v) is 11.2. The molecule has 0 aliphatic heterocycles. The Morgan fingerprint density at radius 2 is 1.72 bits per heavy atom. The van der Waals surface area contributed by atoms with Crippen LogP contribution in [-0.2, 0) is 4.84 Å². The molecule has 98 valence electrons. The molecule has 1 N–H and O–H groups in total. The zero-order chi connectivity index (χ0) is 12.4. The molecule has 2 aliphatic rings. The van der Waals surface area contributed by atoms with Gasteiger partial charge in [-0.05, 0) is 44.1 Å². The van der Waals surface area contributed by atoms with Gasteiger partial charge in [0.1, 0.15) is 0 Å². The van der Waals surface area contributed by atoms with Gasteiger partial charge in [-0.1, -0.05) is 42.7 Å². The van der Waals surface area contributed by atoms with Crippen molar-refractivity contribution in [1.82, 2.24) is 5.48 Å². The lowest BCUT2D eigenvalue weighted by Crippen LogP contribution is -2.27. The maximum atomic E-state index is 5.90. The van der Waals surface area contributed by atoms with Crippen molar-refractivity contribution >= 4 is 0 Å². The van der Waals surface area contributed by atoms with E-state index in [0.717, 1.165) is 5.92 Å². The quantitative estimate of drug-likeness (QED) is 0.794. The minimum absolute atomic E-state index is 0.395. The highest BCUT2D eigenvalue weighted by Crippen LogP contribution is 2.41. The molecule has 2 heteroatoms. The number of hydrogen-bond acceptors (Lipinski definition) is 2. The fourth-order valence-electron chi connectivity index (χ4n) is 2.82. The molecule has 0 amide bonds. The summed E-state index contributed by atoms with van der Waals surface area (Å²) in [6.07, 6.45) is 8.20. The van der Waals surface area contributed by atoms with Crippen LogP contribution in [0.4, 0.5) is 0 Å². The van der Waals surface area contributed by atoms with Gasteiger partial charge in [0.05, 0.1) is 12.1 Å². The normalized spacial score (nSPS) is 22.3. The highest BCUT2D eigenvalue weighted by Gasteiger charge is 2.33. The molecular weight excluding hydrogens is 222 g/mol. The fourth-order valence-corrected chi connectivity index (χ4v) is 2.82. The van der Waals surface area contributed by atoms with Gasteiger partial charge in [-0.25, -0.2) is 0 Å². The van der Waals surface area contributed by atoms with Crippen LogP contribution in [0.15, 0.2) is 24.3 Å². The number of benzene rings is 1. The lowest BCUT2D eigenvalue weighted by Gasteiger charge is -2.21. The molecule has 0 heterocycles. The molecule has 3 rings (SSSR count). The minimum atomic E-state index is 0.395. The highest BCUT2D eigenvalue weighted by atomic mass is 16.7. The van der Waals surface area contributed by atoms with E-state index in [1.54, 1.807) is 0 Å². The van der Waals surface area contributed by atoms with Crippen molar-refractivity contribution in [3.63, 3.8) is 0 Å². The Hall–Kier alpha value is -0.860. The van der Waals surface area contributed by atoms with E-state index in [2.05, 4.69) is 36.7 Å². The second-order valence-corrected chi connectivity index (χ2v) is 5.87. The van der Waals surface area contributed by atoms with Crippen LogP contribution in [-0.4, -0.2) is 6.10 Å². The monoisotopic (exact) mass is 245 g/mol. The van der Waals surface area contributed by atoms with E-state index in [-0.39, 0.29) is 0 Å². The van der Waals surface area contributed by atoms with E-state index >= 15 is 0 Å². The van der Waals surface area contributed by atoms with E-state index in [0.29, 0.717) is 12.1 Å². The van der Waals surface area contributed by atoms with E-state index in [1.165, 1.54) is 49.7 Å². The molecule has 0 bridgehead atoms. The third kappa shape index (κ3) is 2.93. The Morgan fingerprint density at radius 1 is 1.06 bits per heavy atom. The maximum absolute atomic E-state index is 5.90. The Morgan fingerprint density at radius 3 is 2.33 bits per heavy atom. The number of nitrogens with one attached hydrogen (secondary N) is 1. The SMILES string of the molecule is Cc1ccc(C(NOC2CCCC2)C2CC2)cc1. The van der Waals surface area contributed by atoms with E-state index in [9.17, 15) is 0 Å². The molecule has 2 saturated carbocycles. The lowest BCUT2D eigenvalue weighted by atomic mass is 10.0. The first kappa shape index (κ1) is 12.2. The minimum Gasteiger partial charge on any atom is -0.298 e. The smallest absolute Gasteiger partial charge is 0.0790 e. The molecule has 2 aliphatic carbocycles. The largest absolute Gasteiger partial charge is 0.298 e. The Labute approximate surface area is 110 Å². The first-order valence-electron chi connectivity index (χ1n) is 7.30. The number of hydroxylamine groups is 1. The van der Waals surface area contributed by atoms with Crippen LogP contribution in [0.1, 0.15) is 55.7 Å². The van der Waals surface area contributed by atoms with Crippen LogP contribution in [0.3, 0.4) is 0 Å². The molecule has 0 aromatic heterocycles. The topological polar surface area (TPSA) is 21.3 Å². The van der Waals surface area contributed by atoms with Crippen LogP contribution >= 0.6 is 0 Å². The van der Waals surface area contributed by atoms with Crippen molar-refractivity contribution in [2.75, 3.05) is 0 Å². The molecule has 18 heavy (non-hydrogen) atoms. The van der Waals surface area contributed by atoms with E-state index in [1.807, 2.05) is 0 Å². The van der Waals surface area contributed by atoms with Crippen molar-refractivity contribution in [2.45, 2.75) is 57.6 Å². The molecule has 0 spiro atoms. The molecule has 1 aromatic rings. The van der Waals surface area contributed by atoms with E-state index in [4.69, 9.17) is 4.84 Å². The van der Waals surface area contributed by atoms with Crippen molar-refractivity contribution < 1.29 is 4.84 Å². The Bertz CT molecular complexity index is 377. The average molecular weight is 245 g/mol. The van der Waals surface area contributed by atoms with E-state index < -0.39 is 0 Å². The summed E-state index contributed by atoms with van der Waals surface area (Å²) in [4.78, 5) is 5.90. The van der Waals surface area contributed by atoms with Gasteiger partial charge in [0.2, 0.25) is 0 Å². The van der Waals surface area contributed by atoms with Crippen LogP contribution in [0.25, 0.3) is 0 Å². The van der Waals surface area contributed by atoms with Gasteiger partial charge in [0.15, 0.2) is 0 Å². The summed E-state index contributed by atoms with van der Waals surface area (Å²) in [5.74, 6) is 0.772. The molecule has 0 radical (unpaired) electrons. The Balaban J connectivity index is 1.62. The maximum Gasteiger partial charge on any atom is 0.0790 e. The predicted octanol–water partition coefficient (Wildman–Crippen LogP) is 3.91. The summed E-state index contributed by atoms with van der Waals surface area (Å²) in [6, 6.07) is 9.27. The summed E-state index contributed by atoms with van der Waals surface area (Å²) >= 11 is 0. The first-order chi connectivity index (χ1) is 8.83. The van der Waals surface area contributed by atoms with Crippen molar-refractivity contribution in [3.8, 4) is 0 Å². The second-order valence-electron chi connectivity index (χ2n) is 5.87. The molecule has 1 unspecified atom stereocenters. The number of rotatable bonds is 5. The highest BCUT2D eigenvalue weighted by molar-refractivity contribution is 5.25. The van der Waals surface area contributed by atoms with Crippen molar-refractivity contribution in [3.05, 3.63) is 35.4 Å². The van der Waals surface area contributed by atoms with Gasteiger partial charge in [0.25, 0.3) is 0 Å². The zero-order valence-electron chi connectivity index (χ0n) is 11.2. The summed E-state index contributed by atoms with van der Waals surface area (Å²) in [5, 5.41) is 0. The second kappa shape index (κ2) is 5.41. The summed E-state index contributed by atoms with van der Waals surface area (Å²) in [6.45, 7) is 2.14. The predicted molar refractivity (Wildman–Crippen MR) is 73.1 cm³/mol. The molecule has 0 saturated heterocycles. The fraction of sp³-hybridized carbons (Fsp3) is 0.625. The molecule has 1 aromatic carbocycles. The average Bonchev–Trinajstić information content (AvgIpc) is 3.08. The van der Waals surface area contributed by atoms with Gasteiger partial charge in [0, 0.05) is 0 Å². The van der Waals surface area contributed by atoms with Gasteiger partial charge in [-0.2, -0.15) is 5.48 Å². The molecule has 2 nitrogen and oxygen atoms in total. The van der Waals surface area contributed by atoms with Gasteiger partial charge < -0.3 is 0 Å². The van der Waals surface area contributed by atoms with Gasteiger partial charge >= 0.3 is 0 Å². The summed E-state index contributed by atoms with van der Waals surface area (Å²) in [7, 11) is 0. The summed E-state index contributed by atoms with van der Waals surface area (Å²) < 4.78 is 0. The summed E-state index contributed by atoms with van der Waals surface area (Å²) in [5.41, 5.74) is 6.06. The van der Waals surface area contributed by atoms with Crippen molar-refractivity contribution in [2.24, 2.45) is 5.92 Å². The van der Waals surface area contributed by atoms with Gasteiger partial charge in [-0.15, -0.1) is 0 Å².